The second-order valence-corrected chi connectivity index (χ2v) is 9.06. The Kier molecular flexibility index (Phi) is 4.78. The Morgan fingerprint density at radius 2 is 1.93 bits per heavy atom. The van der Waals surface area contributed by atoms with E-state index in [4.69, 9.17) is 0 Å². The third-order valence-corrected chi connectivity index (χ3v) is 7.31. The van der Waals surface area contributed by atoms with Crippen LogP contribution < -0.4 is 10.6 Å². The van der Waals surface area contributed by atoms with Crippen LogP contribution in [0, 0.1) is 5.92 Å². The first-order valence-corrected chi connectivity index (χ1v) is 10.9. The van der Waals surface area contributed by atoms with Crippen LogP contribution in [0.15, 0.2) is 18.3 Å². The van der Waals surface area contributed by atoms with E-state index in [1.807, 2.05) is 17.0 Å². The number of carbonyl (C=O) groups is 2. The molecule has 2 aromatic rings. The molecular formula is C20H25N5O2S. The van der Waals surface area contributed by atoms with Crippen molar-refractivity contribution in [3.8, 4) is 0 Å². The van der Waals surface area contributed by atoms with E-state index in [0.29, 0.717) is 16.5 Å². The maximum absolute atomic E-state index is 12.8. The Hall–Kier alpha value is -2.03. The van der Waals surface area contributed by atoms with Gasteiger partial charge in [0, 0.05) is 55.0 Å². The molecule has 6 heterocycles. The number of hydrogen-bond donors (Lipinski definition) is 2. The molecule has 4 fully saturated rings. The maximum Gasteiger partial charge on any atom is 0.270 e. The number of fused-ring (bicyclic) bond motifs is 4. The number of piperidine rings is 3. The van der Waals surface area contributed by atoms with E-state index in [1.54, 1.807) is 6.20 Å². The summed E-state index contributed by atoms with van der Waals surface area (Å²) in [4.78, 5) is 34.9. The van der Waals surface area contributed by atoms with Crippen LogP contribution in [-0.2, 0) is 0 Å². The van der Waals surface area contributed by atoms with Gasteiger partial charge in [-0.2, -0.15) is 0 Å². The molecule has 2 N–H and O–H groups in total. The molecule has 6 rings (SSSR count). The average Bonchev–Trinajstić information content (AvgIpc) is 3.18. The van der Waals surface area contributed by atoms with Crippen molar-refractivity contribution in [1.82, 2.24) is 25.4 Å². The van der Waals surface area contributed by atoms with Crippen LogP contribution in [0.25, 0.3) is 10.1 Å². The molecule has 0 aliphatic carbocycles. The van der Waals surface area contributed by atoms with Crippen LogP contribution in [0.3, 0.4) is 0 Å². The van der Waals surface area contributed by atoms with Gasteiger partial charge < -0.3 is 20.4 Å². The molecule has 4 saturated heterocycles. The number of pyridine rings is 1. The van der Waals surface area contributed by atoms with Gasteiger partial charge in [0.25, 0.3) is 11.8 Å². The Bertz CT molecular complexity index is 899. The molecule has 0 saturated carbocycles. The Morgan fingerprint density at radius 3 is 2.64 bits per heavy atom. The summed E-state index contributed by atoms with van der Waals surface area (Å²) >= 11 is 1.45. The number of nitrogens with zero attached hydrogens (tertiary/aromatic N) is 3. The number of piperazine rings is 1. The fraction of sp³-hybridized carbons (Fsp3) is 0.550. The minimum absolute atomic E-state index is 0.0704. The van der Waals surface area contributed by atoms with Gasteiger partial charge in [0.1, 0.15) is 5.69 Å². The van der Waals surface area contributed by atoms with Crippen molar-refractivity contribution in [3.63, 3.8) is 0 Å². The Morgan fingerprint density at radius 1 is 1.14 bits per heavy atom. The lowest BCUT2D eigenvalue weighted by Crippen LogP contribution is -2.57. The molecule has 4 aliphatic heterocycles. The largest absolute Gasteiger partial charge is 0.346 e. The molecule has 2 bridgehead atoms. The van der Waals surface area contributed by atoms with Crippen molar-refractivity contribution in [2.45, 2.75) is 18.9 Å². The topological polar surface area (TPSA) is 77.6 Å². The van der Waals surface area contributed by atoms with E-state index >= 15 is 0 Å². The van der Waals surface area contributed by atoms with E-state index < -0.39 is 0 Å². The maximum atomic E-state index is 12.8. The minimum atomic E-state index is -0.107. The van der Waals surface area contributed by atoms with Crippen molar-refractivity contribution in [2.24, 2.45) is 5.92 Å². The van der Waals surface area contributed by atoms with Crippen LogP contribution in [0.5, 0.6) is 0 Å². The van der Waals surface area contributed by atoms with Crippen LogP contribution in [0.2, 0.25) is 0 Å². The van der Waals surface area contributed by atoms with Crippen molar-refractivity contribution in [1.29, 1.82) is 0 Å². The first-order chi connectivity index (χ1) is 13.7. The zero-order valence-electron chi connectivity index (χ0n) is 15.8. The highest BCUT2D eigenvalue weighted by atomic mass is 32.1. The molecule has 148 valence electrons. The minimum Gasteiger partial charge on any atom is -0.346 e. The summed E-state index contributed by atoms with van der Waals surface area (Å²) in [5.74, 6) is 0.549. The Balaban J connectivity index is 1.32. The number of thiophene rings is 1. The van der Waals surface area contributed by atoms with Gasteiger partial charge in [-0.3, -0.25) is 14.6 Å². The SMILES string of the molecule is O=C(N[C@H]1CN2CCC1CC2)c1cc2sc(C(=O)N3CCNCC3)cc2cn1. The van der Waals surface area contributed by atoms with Gasteiger partial charge in [-0.1, -0.05) is 0 Å². The van der Waals surface area contributed by atoms with Crippen LogP contribution in [0.4, 0.5) is 0 Å². The highest BCUT2D eigenvalue weighted by Gasteiger charge is 2.35. The first kappa shape index (κ1) is 18.0. The molecule has 2 aromatic heterocycles. The van der Waals surface area contributed by atoms with Gasteiger partial charge >= 0.3 is 0 Å². The predicted octanol–water partition coefficient (Wildman–Crippen LogP) is 1.17. The number of nitrogens with one attached hydrogen (secondary N) is 2. The van der Waals surface area contributed by atoms with Crippen LogP contribution >= 0.6 is 11.3 Å². The molecule has 28 heavy (non-hydrogen) atoms. The van der Waals surface area contributed by atoms with Crippen LogP contribution in [0.1, 0.15) is 33.0 Å². The van der Waals surface area contributed by atoms with Crippen molar-refractivity contribution < 1.29 is 9.59 Å². The third-order valence-electron chi connectivity index (χ3n) is 6.22. The molecule has 0 spiro atoms. The van der Waals surface area contributed by atoms with E-state index in [1.165, 1.54) is 24.2 Å². The lowest BCUT2D eigenvalue weighted by molar-refractivity contribution is 0.0617. The molecule has 4 aliphatic rings. The fourth-order valence-electron chi connectivity index (χ4n) is 4.56. The lowest BCUT2D eigenvalue weighted by Gasteiger charge is -2.44. The van der Waals surface area contributed by atoms with E-state index in [-0.39, 0.29) is 17.9 Å². The van der Waals surface area contributed by atoms with E-state index in [9.17, 15) is 9.59 Å². The van der Waals surface area contributed by atoms with Crippen molar-refractivity contribution >= 4 is 33.2 Å². The average molecular weight is 400 g/mol. The fourth-order valence-corrected chi connectivity index (χ4v) is 5.60. The highest BCUT2D eigenvalue weighted by Crippen LogP contribution is 2.29. The molecule has 1 atom stereocenters. The molecule has 0 unspecified atom stereocenters. The zero-order valence-corrected chi connectivity index (χ0v) is 16.6. The van der Waals surface area contributed by atoms with Crippen molar-refractivity contribution in [2.75, 3.05) is 45.8 Å². The van der Waals surface area contributed by atoms with Gasteiger partial charge in [-0.15, -0.1) is 11.3 Å². The second-order valence-electron chi connectivity index (χ2n) is 7.98. The smallest absolute Gasteiger partial charge is 0.270 e. The molecule has 8 heteroatoms. The summed E-state index contributed by atoms with van der Waals surface area (Å²) in [6, 6.07) is 3.94. The highest BCUT2D eigenvalue weighted by molar-refractivity contribution is 7.20. The molecule has 2 amide bonds. The summed E-state index contributed by atoms with van der Waals surface area (Å²) < 4.78 is 0.938. The quantitative estimate of drug-likeness (QED) is 0.810. The summed E-state index contributed by atoms with van der Waals surface area (Å²) in [6.07, 6.45) is 4.05. The van der Waals surface area contributed by atoms with Gasteiger partial charge in [0.15, 0.2) is 0 Å². The predicted molar refractivity (Wildman–Crippen MR) is 109 cm³/mol. The van der Waals surface area contributed by atoms with Crippen molar-refractivity contribution in [3.05, 3.63) is 28.9 Å². The van der Waals surface area contributed by atoms with Gasteiger partial charge in [0.05, 0.1) is 4.88 Å². The summed E-state index contributed by atoms with van der Waals surface area (Å²) in [7, 11) is 0. The number of aromatic nitrogens is 1. The van der Waals surface area contributed by atoms with Gasteiger partial charge in [0.2, 0.25) is 0 Å². The zero-order chi connectivity index (χ0) is 19.1. The molecule has 7 nitrogen and oxygen atoms in total. The molecule has 0 aromatic carbocycles. The number of rotatable bonds is 3. The normalized spacial score (nSPS) is 27.1. The Labute approximate surface area is 168 Å². The van der Waals surface area contributed by atoms with Gasteiger partial charge in [-0.05, 0) is 44.0 Å². The second kappa shape index (κ2) is 7.42. The monoisotopic (exact) mass is 399 g/mol. The summed E-state index contributed by atoms with van der Waals surface area (Å²) in [5.41, 5.74) is 0.437. The summed E-state index contributed by atoms with van der Waals surface area (Å²) in [5, 5.41) is 7.37. The number of amides is 2. The van der Waals surface area contributed by atoms with Crippen LogP contribution in [-0.4, -0.2) is 78.5 Å². The third kappa shape index (κ3) is 3.40. The first-order valence-electron chi connectivity index (χ1n) is 10.1. The number of carbonyl (C=O) groups excluding carboxylic acids is 2. The number of hydrogen-bond acceptors (Lipinski definition) is 6. The van der Waals surface area contributed by atoms with E-state index in [0.717, 1.165) is 55.9 Å². The standard InChI is InChI=1S/C20H25N5O2S/c26-19(23-16-12-24-5-1-13(16)2-6-24)15-10-17-14(11-22-15)9-18(28-17)20(27)25-7-3-21-4-8-25/h9-11,13,16,21H,1-8,12H2,(H,23,26)/t16-/m0/s1. The lowest BCUT2D eigenvalue weighted by atomic mass is 9.84. The molecule has 0 radical (unpaired) electrons. The van der Waals surface area contributed by atoms with E-state index in [2.05, 4.69) is 20.5 Å². The van der Waals surface area contributed by atoms with Gasteiger partial charge in [-0.25, -0.2) is 0 Å². The molecular weight excluding hydrogens is 374 g/mol. The summed E-state index contributed by atoms with van der Waals surface area (Å²) in [6.45, 7) is 6.39.